The summed E-state index contributed by atoms with van der Waals surface area (Å²) >= 11 is 0. The maximum atomic E-state index is 12.5. The Kier molecular flexibility index (Phi) is 5.24. The number of carbonyl (C=O) groups is 1. The van der Waals surface area contributed by atoms with Crippen molar-refractivity contribution in [3.8, 4) is 17.1 Å². The van der Waals surface area contributed by atoms with Gasteiger partial charge < -0.3 is 19.5 Å². The summed E-state index contributed by atoms with van der Waals surface area (Å²) in [6, 6.07) is 7.77. The van der Waals surface area contributed by atoms with Gasteiger partial charge in [-0.05, 0) is 43.7 Å². The molecule has 1 aromatic heterocycles. The van der Waals surface area contributed by atoms with E-state index in [2.05, 4.69) is 20.1 Å². The number of nitrogens with one attached hydrogen (secondary N) is 1. The van der Waals surface area contributed by atoms with Crippen LogP contribution in [0.25, 0.3) is 11.4 Å². The normalized spacial score (nSPS) is 19.2. The number of methoxy groups -OCH3 is 1. The molecule has 1 saturated heterocycles. The number of rotatable bonds is 3. The highest BCUT2D eigenvalue weighted by molar-refractivity contribution is 5.85. The van der Waals surface area contributed by atoms with Crippen LogP contribution in [0.1, 0.15) is 18.7 Å². The summed E-state index contributed by atoms with van der Waals surface area (Å²) in [6.07, 6.45) is 2.00. The van der Waals surface area contributed by atoms with Crippen LogP contribution in [-0.4, -0.2) is 51.8 Å². The van der Waals surface area contributed by atoms with Crippen LogP contribution in [0.2, 0.25) is 0 Å². The van der Waals surface area contributed by atoms with Crippen molar-refractivity contribution in [2.45, 2.75) is 32.0 Å². The molecule has 2 aromatic rings. The maximum Gasteiger partial charge on any atom is 0.240 e. The van der Waals surface area contributed by atoms with E-state index < -0.39 is 0 Å². The van der Waals surface area contributed by atoms with E-state index in [1.54, 1.807) is 7.11 Å². The topological polar surface area (TPSA) is 72.3 Å². The Morgan fingerprint density at radius 1 is 1.24 bits per heavy atom. The summed E-state index contributed by atoms with van der Waals surface area (Å²) in [5.41, 5.74) is 1.01. The predicted molar refractivity (Wildman–Crippen MR) is 95.7 cm³/mol. The van der Waals surface area contributed by atoms with Crippen molar-refractivity contribution in [2.24, 2.45) is 0 Å². The van der Waals surface area contributed by atoms with Crippen molar-refractivity contribution in [2.75, 3.05) is 20.2 Å². The Morgan fingerprint density at radius 3 is 2.72 bits per heavy atom. The van der Waals surface area contributed by atoms with E-state index in [-0.39, 0.29) is 24.4 Å². The number of hydrogen-bond donors (Lipinski definition) is 1. The summed E-state index contributed by atoms with van der Waals surface area (Å²) in [5.74, 6) is 2.70. The van der Waals surface area contributed by atoms with Gasteiger partial charge in [-0.3, -0.25) is 4.79 Å². The molecule has 1 fully saturated rings. The Bertz CT molecular complexity index is 740. The highest BCUT2D eigenvalue weighted by Gasteiger charge is 2.30. The van der Waals surface area contributed by atoms with Crippen LogP contribution in [-0.2, 0) is 17.9 Å². The Hall–Kier alpha value is -2.12. The maximum absolute atomic E-state index is 12.5. The minimum atomic E-state index is -0.0273. The lowest BCUT2D eigenvalue weighted by Crippen LogP contribution is -2.46. The number of ether oxygens (including phenoxy) is 1. The first-order chi connectivity index (χ1) is 11.8. The number of halogens is 1. The molecule has 1 N–H and O–H groups in total. The monoisotopic (exact) mass is 363 g/mol. The van der Waals surface area contributed by atoms with Gasteiger partial charge in [-0.25, -0.2) is 0 Å². The van der Waals surface area contributed by atoms with Gasteiger partial charge in [0.2, 0.25) is 5.91 Å². The average Bonchev–Trinajstić information content (AvgIpc) is 3.30. The second-order valence-electron chi connectivity index (χ2n) is 6.23. The molecule has 1 atom stereocenters. The third-order valence-electron chi connectivity index (χ3n) is 4.77. The molecule has 0 aliphatic carbocycles. The third-order valence-corrected chi connectivity index (χ3v) is 4.77. The molecule has 1 unspecified atom stereocenters. The molecule has 0 spiro atoms. The van der Waals surface area contributed by atoms with Crippen LogP contribution < -0.4 is 10.1 Å². The zero-order valence-electron chi connectivity index (χ0n) is 14.1. The minimum absolute atomic E-state index is 0. The van der Waals surface area contributed by atoms with Gasteiger partial charge in [0.15, 0.2) is 11.6 Å². The average molecular weight is 364 g/mol. The van der Waals surface area contributed by atoms with Crippen LogP contribution in [0.4, 0.5) is 0 Å². The Labute approximate surface area is 152 Å². The fourth-order valence-corrected chi connectivity index (χ4v) is 3.42. The lowest BCUT2D eigenvalue weighted by Gasteiger charge is -2.30. The summed E-state index contributed by atoms with van der Waals surface area (Å²) in [5, 5.41) is 11.9. The molecule has 25 heavy (non-hydrogen) atoms. The van der Waals surface area contributed by atoms with Crippen molar-refractivity contribution >= 4 is 18.3 Å². The molecule has 4 rings (SSSR count). The number of carbonyl (C=O) groups excluding carboxylic acids is 1. The molecule has 134 valence electrons. The second-order valence-corrected chi connectivity index (χ2v) is 6.23. The van der Waals surface area contributed by atoms with Crippen LogP contribution in [0.5, 0.6) is 5.75 Å². The lowest BCUT2D eigenvalue weighted by atomic mass is 10.1. The smallest absolute Gasteiger partial charge is 0.240 e. The Morgan fingerprint density at radius 2 is 2.04 bits per heavy atom. The number of benzene rings is 1. The van der Waals surface area contributed by atoms with Crippen molar-refractivity contribution in [1.82, 2.24) is 25.0 Å². The quantitative estimate of drug-likeness (QED) is 0.894. The van der Waals surface area contributed by atoms with Gasteiger partial charge in [0.25, 0.3) is 0 Å². The molecule has 3 heterocycles. The summed E-state index contributed by atoms with van der Waals surface area (Å²) in [7, 11) is 1.65. The predicted octanol–water partition coefficient (Wildman–Crippen LogP) is 1.47. The lowest BCUT2D eigenvalue weighted by molar-refractivity contribution is -0.134. The first-order valence-electron chi connectivity index (χ1n) is 8.35. The fraction of sp³-hybridized carbons (Fsp3) is 0.471. The van der Waals surface area contributed by atoms with E-state index in [1.165, 1.54) is 0 Å². The van der Waals surface area contributed by atoms with E-state index >= 15 is 0 Å². The van der Waals surface area contributed by atoms with Crippen molar-refractivity contribution < 1.29 is 9.53 Å². The molecule has 0 saturated carbocycles. The highest BCUT2D eigenvalue weighted by Crippen LogP contribution is 2.24. The number of aromatic nitrogens is 3. The molecule has 8 heteroatoms. The van der Waals surface area contributed by atoms with E-state index in [0.29, 0.717) is 13.1 Å². The van der Waals surface area contributed by atoms with Crippen LogP contribution in [0, 0.1) is 0 Å². The van der Waals surface area contributed by atoms with Gasteiger partial charge in [-0.2, -0.15) is 0 Å². The van der Waals surface area contributed by atoms with Crippen molar-refractivity contribution in [3.63, 3.8) is 0 Å². The van der Waals surface area contributed by atoms with Gasteiger partial charge in [-0.15, -0.1) is 22.6 Å². The van der Waals surface area contributed by atoms with Gasteiger partial charge in [0, 0.05) is 18.7 Å². The SMILES string of the molecule is COc1ccc(-c2nnc3n2CCN(C(=O)C2CCCN2)C3)cc1.Cl. The largest absolute Gasteiger partial charge is 0.497 e. The second kappa shape index (κ2) is 7.41. The molecule has 2 aliphatic heterocycles. The minimum Gasteiger partial charge on any atom is -0.497 e. The molecule has 1 amide bonds. The summed E-state index contributed by atoms with van der Waals surface area (Å²) in [6.45, 7) is 2.88. The fourth-order valence-electron chi connectivity index (χ4n) is 3.42. The molecule has 7 nitrogen and oxygen atoms in total. The van der Waals surface area contributed by atoms with Gasteiger partial charge in [0.1, 0.15) is 5.75 Å². The molecular formula is C17H22ClN5O2. The molecular weight excluding hydrogens is 342 g/mol. The molecule has 2 aliphatic rings. The van der Waals surface area contributed by atoms with Crippen LogP contribution in [0.15, 0.2) is 24.3 Å². The standard InChI is InChI=1S/C17H21N5O2.ClH/c1-24-13-6-4-12(5-7-13)16-20-19-15-11-21(9-10-22(15)16)17(23)14-3-2-8-18-14;/h4-7,14,18H,2-3,8-11H2,1H3;1H. The zero-order valence-corrected chi connectivity index (χ0v) is 15.0. The number of nitrogens with zero attached hydrogens (tertiary/aromatic N) is 4. The third kappa shape index (κ3) is 3.34. The van der Waals surface area contributed by atoms with Gasteiger partial charge in [0.05, 0.1) is 19.7 Å². The van der Waals surface area contributed by atoms with E-state index in [1.807, 2.05) is 29.2 Å². The first kappa shape index (κ1) is 17.7. The van der Waals surface area contributed by atoms with E-state index in [9.17, 15) is 4.79 Å². The van der Waals surface area contributed by atoms with E-state index in [4.69, 9.17) is 4.74 Å². The van der Waals surface area contributed by atoms with Gasteiger partial charge in [-0.1, -0.05) is 0 Å². The summed E-state index contributed by atoms with van der Waals surface area (Å²) in [4.78, 5) is 14.4. The van der Waals surface area contributed by atoms with Crippen LogP contribution >= 0.6 is 12.4 Å². The highest BCUT2D eigenvalue weighted by atomic mass is 35.5. The van der Waals surface area contributed by atoms with Gasteiger partial charge >= 0.3 is 0 Å². The van der Waals surface area contributed by atoms with Crippen molar-refractivity contribution in [1.29, 1.82) is 0 Å². The number of hydrogen-bond acceptors (Lipinski definition) is 5. The van der Waals surface area contributed by atoms with E-state index in [0.717, 1.165) is 48.9 Å². The molecule has 0 bridgehead atoms. The summed E-state index contributed by atoms with van der Waals surface area (Å²) < 4.78 is 7.30. The van der Waals surface area contributed by atoms with Crippen LogP contribution in [0.3, 0.4) is 0 Å². The van der Waals surface area contributed by atoms with Crippen molar-refractivity contribution in [3.05, 3.63) is 30.1 Å². The first-order valence-corrected chi connectivity index (χ1v) is 8.35. The number of fused-ring (bicyclic) bond motifs is 1. The zero-order chi connectivity index (χ0) is 16.5. The Balaban J connectivity index is 0.00000182. The number of amides is 1. The molecule has 1 aromatic carbocycles. The molecule has 0 radical (unpaired) electrons.